The zero-order chi connectivity index (χ0) is 15.4. The van der Waals surface area contributed by atoms with Crippen LogP contribution in [0.25, 0.3) is 0 Å². The standard InChI is InChI=1S/C15H15FN2O3/c1-9-7-13(21-2)18-14(17-9)11(15(19)20)8-10-5-3-4-6-12(10)16/h3-7,11H,8H2,1-2H3,(H,19,20). The highest BCUT2D eigenvalue weighted by molar-refractivity contribution is 5.75. The van der Waals surface area contributed by atoms with Gasteiger partial charge in [-0.2, -0.15) is 4.98 Å². The van der Waals surface area contributed by atoms with Crippen molar-refractivity contribution in [3.63, 3.8) is 0 Å². The smallest absolute Gasteiger partial charge is 0.314 e. The van der Waals surface area contributed by atoms with Gasteiger partial charge in [0.15, 0.2) is 0 Å². The summed E-state index contributed by atoms with van der Waals surface area (Å²) in [5.41, 5.74) is 0.908. The van der Waals surface area contributed by atoms with E-state index in [4.69, 9.17) is 4.74 Å². The number of nitrogens with zero attached hydrogens (tertiary/aromatic N) is 2. The number of hydrogen-bond donors (Lipinski definition) is 1. The second kappa shape index (κ2) is 6.30. The molecule has 0 radical (unpaired) electrons. The summed E-state index contributed by atoms with van der Waals surface area (Å²) >= 11 is 0. The zero-order valence-electron chi connectivity index (χ0n) is 11.7. The number of ether oxygens (including phenoxy) is 1. The van der Waals surface area contributed by atoms with Gasteiger partial charge in [0.05, 0.1) is 7.11 Å². The highest BCUT2D eigenvalue weighted by Crippen LogP contribution is 2.22. The molecule has 5 nitrogen and oxygen atoms in total. The van der Waals surface area contributed by atoms with Crippen LogP contribution in [0, 0.1) is 12.7 Å². The summed E-state index contributed by atoms with van der Waals surface area (Å²) in [7, 11) is 1.44. The molecule has 1 heterocycles. The molecular weight excluding hydrogens is 275 g/mol. The third kappa shape index (κ3) is 3.53. The van der Waals surface area contributed by atoms with Gasteiger partial charge in [-0.3, -0.25) is 4.79 Å². The number of rotatable bonds is 5. The minimum absolute atomic E-state index is 0.0192. The quantitative estimate of drug-likeness (QED) is 0.915. The van der Waals surface area contributed by atoms with Crippen LogP contribution in [-0.4, -0.2) is 28.2 Å². The molecule has 0 aliphatic heterocycles. The molecule has 1 atom stereocenters. The molecule has 0 aliphatic carbocycles. The second-order valence-corrected chi connectivity index (χ2v) is 4.60. The maximum Gasteiger partial charge on any atom is 0.314 e. The minimum Gasteiger partial charge on any atom is -0.481 e. The summed E-state index contributed by atoms with van der Waals surface area (Å²) in [5, 5.41) is 9.39. The van der Waals surface area contributed by atoms with Gasteiger partial charge in [0.1, 0.15) is 17.6 Å². The Morgan fingerprint density at radius 1 is 1.38 bits per heavy atom. The molecule has 2 rings (SSSR count). The molecule has 1 aromatic heterocycles. The van der Waals surface area contributed by atoms with Gasteiger partial charge in [0, 0.05) is 11.8 Å². The van der Waals surface area contributed by atoms with Crippen molar-refractivity contribution in [1.29, 1.82) is 0 Å². The normalized spacial score (nSPS) is 12.0. The Kier molecular flexibility index (Phi) is 4.47. The van der Waals surface area contributed by atoms with Crippen LogP contribution in [0.2, 0.25) is 0 Å². The summed E-state index contributed by atoms with van der Waals surface area (Å²) < 4.78 is 18.7. The largest absolute Gasteiger partial charge is 0.481 e. The first-order valence-electron chi connectivity index (χ1n) is 6.37. The highest BCUT2D eigenvalue weighted by Gasteiger charge is 2.25. The SMILES string of the molecule is COc1cc(C)nc(C(Cc2ccccc2F)C(=O)O)n1. The Bertz CT molecular complexity index is 661. The van der Waals surface area contributed by atoms with E-state index in [-0.39, 0.29) is 18.1 Å². The number of hydrogen-bond acceptors (Lipinski definition) is 4. The number of methoxy groups -OCH3 is 1. The topological polar surface area (TPSA) is 72.3 Å². The summed E-state index contributed by atoms with van der Waals surface area (Å²) in [6.07, 6.45) is -0.0192. The van der Waals surface area contributed by atoms with E-state index in [0.29, 0.717) is 11.3 Å². The molecule has 1 aromatic carbocycles. The maximum absolute atomic E-state index is 13.7. The molecule has 110 valence electrons. The van der Waals surface area contributed by atoms with Crippen molar-refractivity contribution in [3.8, 4) is 5.88 Å². The fourth-order valence-electron chi connectivity index (χ4n) is 2.00. The van der Waals surface area contributed by atoms with E-state index in [9.17, 15) is 14.3 Å². The number of halogens is 1. The number of carboxylic acids is 1. The van der Waals surface area contributed by atoms with Crippen molar-refractivity contribution in [1.82, 2.24) is 9.97 Å². The molecule has 0 amide bonds. The first kappa shape index (κ1) is 14.9. The molecule has 0 aliphatic rings. The Morgan fingerprint density at radius 2 is 2.10 bits per heavy atom. The number of aromatic nitrogens is 2. The molecule has 0 saturated carbocycles. The van der Waals surface area contributed by atoms with Crippen LogP contribution in [0.15, 0.2) is 30.3 Å². The molecule has 6 heteroatoms. The van der Waals surface area contributed by atoms with Crippen molar-refractivity contribution in [2.24, 2.45) is 0 Å². The highest BCUT2D eigenvalue weighted by atomic mass is 19.1. The predicted octanol–water partition coefficient (Wildman–Crippen LogP) is 2.34. The maximum atomic E-state index is 13.7. The third-order valence-corrected chi connectivity index (χ3v) is 3.05. The molecule has 0 fully saturated rings. The Hall–Kier alpha value is -2.50. The van der Waals surface area contributed by atoms with Gasteiger partial charge >= 0.3 is 5.97 Å². The van der Waals surface area contributed by atoms with Gasteiger partial charge < -0.3 is 9.84 Å². The Balaban J connectivity index is 2.38. The van der Waals surface area contributed by atoms with E-state index < -0.39 is 17.7 Å². The monoisotopic (exact) mass is 290 g/mol. The molecule has 0 spiro atoms. The minimum atomic E-state index is -1.11. The van der Waals surface area contributed by atoms with Crippen molar-refractivity contribution in [2.75, 3.05) is 7.11 Å². The number of benzene rings is 1. The van der Waals surface area contributed by atoms with E-state index in [1.165, 1.54) is 13.2 Å². The van der Waals surface area contributed by atoms with E-state index in [2.05, 4.69) is 9.97 Å². The number of aryl methyl sites for hydroxylation is 1. The van der Waals surface area contributed by atoms with Crippen LogP contribution in [0.1, 0.15) is 23.0 Å². The lowest BCUT2D eigenvalue weighted by Gasteiger charge is -2.13. The van der Waals surface area contributed by atoms with E-state index in [1.807, 2.05) is 0 Å². The molecule has 1 unspecified atom stereocenters. The van der Waals surface area contributed by atoms with Crippen molar-refractivity contribution in [2.45, 2.75) is 19.3 Å². The summed E-state index contributed by atoms with van der Waals surface area (Å²) in [5.74, 6) is -2.18. The average molecular weight is 290 g/mol. The van der Waals surface area contributed by atoms with Crippen molar-refractivity contribution >= 4 is 5.97 Å². The third-order valence-electron chi connectivity index (χ3n) is 3.05. The van der Waals surface area contributed by atoms with Gasteiger partial charge in [-0.15, -0.1) is 0 Å². The Morgan fingerprint density at radius 3 is 2.71 bits per heavy atom. The van der Waals surface area contributed by atoms with E-state index in [1.54, 1.807) is 31.2 Å². The van der Waals surface area contributed by atoms with Crippen LogP contribution < -0.4 is 4.74 Å². The van der Waals surface area contributed by atoms with Crippen molar-refractivity contribution in [3.05, 3.63) is 53.2 Å². The van der Waals surface area contributed by atoms with Gasteiger partial charge in [-0.05, 0) is 25.0 Å². The van der Waals surface area contributed by atoms with Crippen molar-refractivity contribution < 1.29 is 19.0 Å². The molecule has 21 heavy (non-hydrogen) atoms. The second-order valence-electron chi connectivity index (χ2n) is 4.60. The lowest BCUT2D eigenvalue weighted by Crippen LogP contribution is -2.18. The lowest BCUT2D eigenvalue weighted by atomic mass is 9.98. The Labute approximate surface area is 121 Å². The average Bonchev–Trinajstić information content (AvgIpc) is 2.45. The van der Waals surface area contributed by atoms with Crippen LogP contribution >= 0.6 is 0 Å². The molecule has 2 aromatic rings. The first-order valence-corrected chi connectivity index (χ1v) is 6.37. The fraction of sp³-hybridized carbons (Fsp3) is 0.267. The van der Waals surface area contributed by atoms with Crippen LogP contribution in [0.3, 0.4) is 0 Å². The summed E-state index contributed by atoms with van der Waals surface area (Å²) in [4.78, 5) is 19.7. The van der Waals surface area contributed by atoms with Gasteiger partial charge in [-0.25, -0.2) is 9.37 Å². The van der Waals surface area contributed by atoms with E-state index in [0.717, 1.165) is 0 Å². The molecule has 0 saturated heterocycles. The van der Waals surface area contributed by atoms with Crippen LogP contribution in [-0.2, 0) is 11.2 Å². The van der Waals surface area contributed by atoms with Gasteiger partial charge in [0.2, 0.25) is 5.88 Å². The van der Waals surface area contributed by atoms with E-state index >= 15 is 0 Å². The molecule has 0 bridgehead atoms. The van der Waals surface area contributed by atoms with Crippen LogP contribution in [0.5, 0.6) is 5.88 Å². The predicted molar refractivity (Wildman–Crippen MR) is 73.8 cm³/mol. The lowest BCUT2D eigenvalue weighted by molar-refractivity contribution is -0.139. The number of carbonyl (C=O) groups is 1. The summed E-state index contributed by atoms with van der Waals surface area (Å²) in [6, 6.07) is 7.67. The van der Waals surface area contributed by atoms with Crippen LogP contribution in [0.4, 0.5) is 4.39 Å². The first-order chi connectivity index (χ1) is 10.0. The summed E-state index contributed by atoms with van der Waals surface area (Å²) in [6.45, 7) is 1.72. The molecule has 1 N–H and O–H groups in total. The number of carboxylic acid groups (broad SMARTS) is 1. The number of aliphatic carboxylic acids is 1. The fourth-order valence-corrected chi connectivity index (χ4v) is 2.00. The van der Waals surface area contributed by atoms with Gasteiger partial charge in [-0.1, -0.05) is 18.2 Å². The zero-order valence-corrected chi connectivity index (χ0v) is 11.7. The van der Waals surface area contributed by atoms with Gasteiger partial charge in [0.25, 0.3) is 0 Å². The molecular formula is C15H15FN2O3.